The van der Waals surface area contributed by atoms with Gasteiger partial charge in [-0.1, -0.05) is 51.1 Å². The van der Waals surface area contributed by atoms with Crippen molar-refractivity contribution in [2.45, 2.75) is 68.9 Å². The van der Waals surface area contributed by atoms with Crippen LogP contribution in [0.25, 0.3) is 0 Å². The van der Waals surface area contributed by atoms with E-state index in [4.69, 9.17) is 0 Å². The Morgan fingerprint density at radius 2 is 1.95 bits per heavy atom. The second-order valence-electron chi connectivity index (χ2n) is 5.98. The van der Waals surface area contributed by atoms with Gasteiger partial charge in [0.05, 0.1) is 0 Å². The Hall–Kier alpha value is -0.470. The predicted octanol–water partition coefficient (Wildman–Crippen LogP) is 4.83. The van der Waals surface area contributed by atoms with E-state index in [0.717, 1.165) is 23.0 Å². The highest BCUT2D eigenvalue weighted by Gasteiger charge is 2.31. The normalized spacial score (nSPS) is 28.2. The monoisotopic (exact) mass is 291 g/mol. The first-order chi connectivity index (χ1) is 9.74. The fourth-order valence-electron chi connectivity index (χ4n) is 3.20. The molecule has 112 valence electrons. The summed E-state index contributed by atoms with van der Waals surface area (Å²) in [7, 11) is 0. The predicted molar refractivity (Wildman–Crippen MR) is 91.6 cm³/mol. The molecule has 4 unspecified atom stereocenters. The first kappa shape index (κ1) is 15.9. The molecule has 1 nitrogen and oxygen atoms in total. The van der Waals surface area contributed by atoms with Crippen LogP contribution >= 0.6 is 11.8 Å². The van der Waals surface area contributed by atoms with Crippen LogP contribution in [0.4, 0.5) is 0 Å². The Morgan fingerprint density at radius 1 is 1.20 bits per heavy atom. The molecule has 1 saturated carbocycles. The highest BCUT2D eigenvalue weighted by Crippen LogP contribution is 2.39. The maximum absolute atomic E-state index is 3.72. The molecular weight excluding hydrogens is 262 g/mol. The van der Waals surface area contributed by atoms with Gasteiger partial charge in [-0.2, -0.15) is 11.8 Å². The second kappa shape index (κ2) is 8.09. The number of nitrogens with one attached hydrogen (secondary N) is 1. The molecule has 0 heterocycles. The molecule has 1 aromatic carbocycles. The molecule has 1 aliphatic carbocycles. The Kier molecular flexibility index (Phi) is 6.44. The van der Waals surface area contributed by atoms with Crippen LogP contribution in [0, 0.1) is 0 Å². The summed E-state index contributed by atoms with van der Waals surface area (Å²) in [5.41, 5.74) is 1.54. The van der Waals surface area contributed by atoms with Gasteiger partial charge >= 0.3 is 0 Å². The van der Waals surface area contributed by atoms with Gasteiger partial charge < -0.3 is 5.32 Å². The molecular formula is C18H29NS. The number of rotatable bonds is 6. The molecule has 4 atom stereocenters. The summed E-state index contributed by atoms with van der Waals surface area (Å²) >= 11 is 2.20. The van der Waals surface area contributed by atoms with Crippen molar-refractivity contribution >= 4 is 11.8 Å². The van der Waals surface area contributed by atoms with E-state index in [1.807, 2.05) is 0 Å². The molecule has 1 fully saturated rings. The molecule has 0 bridgehead atoms. The summed E-state index contributed by atoms with van der Waals surface area (Å²) in [5.74, 6) is 0.757. The van der Waals surface area contributed by atoms with Crippen molar-refractivity contribution in [2.75, 3.05) is 6.54 Å². The molecule has 0 saturated heterocycles. The molecule has 2 rings (SSSR count). The van der Waals surface area contributed by atoms with Gasteiger partial charge in [-0.15, -0.1) is 0 Å². The molecule has 0 spiro atoms. The molecule has 2 heteroatoms. The van der Waals surface area contributed by atoms with Crippen molar-refractivity contribution in [3.8, 4) is 0 Å². The van der Waals surface area contributed by atoms with Gasteiger partial charge in [0.1, 0.15) is 0 Å². The Morgan fingerprint density at radius 3 is 2.60 bits per heavy atom. The molecule has 0 aliphatic heterocycles. The zero-order valence-corrected chi connectivity index (χ0v) is 14.0. The lowest BCUT2D eigenvalue weighted by Crippen LogP contribution is -2.42. The first-order valence-electron chi connectivity index (χ1n) is 8.18. The van der Waals surface area contributed by atoms with Gasteiger partial charge in [0, 0.05) is 16.5 Å². The van der Waals surface area contributed by atoms with E-state index in [0.29, 0.717) is 6.04 Å². The maximum Gasteiger partial charge on any atom is 0.0209 e. The van der Waals surface area contributed by atoms with E-state index in [9.17, 15) is 0 Å². The average molecular weight is 292 g/mol. The second-order valence-corrected chi connectivity index (χ2v) is 7.66. The fraction of sp³-hybridized carbons (Fsp3) is 0.667. The maximum atomic E-state index is 3.72. The van der Waals surface area contributed by atoms with Gasteiger partial charge in [0.2, 0.25) is 0 Å². The lowest BCUT2D eigenvalue weighted by molar-refractivity contribution is 0.357. The summed E-state index contributed by atoms with van der Waals surface area (Å²) in [4.78, 5) is 0. The lowest BCUT2D eigenvalue weighted by atomic mass is 9.81. The van der Waals surface area contributed by atoms with Crippen LogP contribution in [-0.4, -0.2) is 23.1 Å². The zero-order valence-electron chi connectivity index (χ0n) is 13.1. The van der Waals surface area contributed by atoms with E-state index in [1.54, 1.807) is 0 Å². The topological polar surface area (TPSA) is 12.0 Å². The van der Waals surface area contributed by atoms with Crippen LogP contribution in [-0.2, 0) is 0 Å². The minimum absolute atomic E-state index is 0.707. The molecule has 1 aromatic rings. The third kappa shape index (κ3) is 4.26. The minimum Gasteiger partial charge on any atom is -0.313 e. The number of hydrogen-bond acceptors (Lipinski definition) is 2. The zero-order chi connectivity index (χ0) is 14.4. The van der Waals surface area contributed by atoms with Crippen LogP contribution < -0.4 is 5.32 Å². The van der Waals surface area contributed by atoms with Crippen LogP contribution in [0.1, 0.15) is 57.9 Å². The smallest absolute Gasteiger partial charge is 0.0209 e. The lowest BCUT2D eigenvalue weighted by Gasteiger charge is -2.37. The Labute approximate surface area is 128 Å². The summed E-state index contributed by atoms with van der Waals surface area (Å²) in [5, 5.41) is 5.26. The van der Waals surface area contributed by atoms with E-state index >= 15 is 0 Å². The standard InChI is InChI=1S/C18H29NS/c1-4-14(3)20-18-13-16(11-12-17(18)19-5-2)15-9-7-6-8-10-15/h6-10,14,16-19H,4-5,11-13H2,1-3H3. The summed E-state index contributed by atoms with van der Waals surface area (Å²) in [6, 6.07) is 11.8. The van der Waals surface area contributed by atoms with E-state index in [2.05, 4.69) is 68.2 Å². The highest BCUT2D eigenvalue weighted by molar-refractivity contribution is 8.00. The van der Waals surface area contributed by atoms with Crippen LogP contribution in [0.3, 0.4) is 0 Å². The summed E-state index contributed by atoms with van der Waals surface area (Å²) < 4.78 is 0. The average Bonchev–Trinajstić information content (AvgIpc) is 2.50. The van der Waals surface area contributed by atoms with Crippen molar-refractivity contribution in [2.24, 2.45) is 0 Å². The SMILES string of the molecule is CCNC1CCC(c2ccccc2)CC1SC(C)CC. The summed E-state index contributed by atoms with van der Waals surface area (Å²) in [6.07, 6.45) is 5.26. The highest BCUT2D eigenvalue weighted by atomic mass is 32.2. The molecule has 0 amide bonds. The quantitative estimate of drug-likeness (QED) is 0.805. The first-order valence-corrected chi connectivity index (χ1v) is 9.12. The molecule has 20 heavy (non-hydrogen) atoms. The Balaban J connectivity index is 2.03. The van der Waals surface area contributed by atoms with Crippen LogP contribution in [0.15, 0.2) is 30.3 Å². The molecule has 0 radical (unpaired) electrons. The van der Waals surface area contributed by atoms with Gasteiger partial charge in [0.15, 0.2) is 0 Å². The third-order valence-electron chi connectivity index (χ3n) is 4.51. The van der Waals surface area contributed by atoms with E-state index < -0.39 is 0 Å². The van der Waals surface area contributed by atoms with Crippen molar-refractivity contribution < 1.29 is 0 Å². The number of benzene rings is 1. The van der Waals surface area contributed by atoms with E-state index in [1.165, 1.54) is 31.2 Å². The number of thioether (sulfide) groups is 1. The van der Waals surface area contributed by atoms with Crippen molar-refractivity contribution in [1.82, 2.24) is 5.32 Å². The fourth-order valence-corrected chi connectivity index (χ4v) is 4.75. The van der Waals surface area contributed by atoms with Crippen molar-refractivity contribution in [3.05, 3.63) is 35.9 Å². The number of hydrogen-bond donors (Lipinski definition) is 1. The van der Waals surface area contributed by atoms with Gasteiger partial charge in [-0.25, -0.2) is 0 Å². The largest absolute Gasteiger partial charge is 0.313 e. The van der Waals surface area contributed by atoms with Crippen LogP contribution in [0.5, 0.6) is 0 Å². The third-order valence-corrected chi connectivity index (χ3v) is 6.18. The molecule has 0 aromatic heterocycles. The van der Waals surface area contributed by atoms with Gasteiger partial charge in [0.25, 0.3) is 0 Å². The van der Waals surface area contributed by atoms with E-state index in [-0.39, 0.29) is 0 Å². The molecule has 1 aliphatic rings. The van der Waals surface area contributed by atoms with Crippen LogP contribution in [0.2, 0.25) is 0 Å². The summed E-state index contributed by atoms with van der Waals surface area (Å²) in [6.45, 7) is 8.00. The molecule has 1 N–H and O–H groups in total. The van der Waals surface area contributed by atoms with Gasteiger partial charge in [-0.05, 0) is 43.7 Å². The van der Waals surface area contributed by atoms with Gasteiger partial charge in [-0.3, -0.25) is 0 Å². The Bertz CT molecular complexity index is 378. The van der Waals surface area contributed by atoms with Crippen molar-refractivity contribution in [3.63, 3.8) is 0 Å². The van der Waals surface area contributed by atoms with Crippen molar-refractivity contribution in [1.29, 1.82) is 0 Å². The minimum atomic E-state index is 0.707.